The van der Waals surface area contributed by atoms with E-state index in [1.807, 2.05) is 59.5 Å². The van der Waals surface area contributed by atoms with Crippen LogP contribution in [0.25, 0.3) is 0 Å². The van der Waals surface area contributed by atoms with Crippen molar-refractivity contribution in [1.29, 1.82) is 0 Å². The van der Waals surface area contributed by atoms with Gasteiger partial charge in [0.05, 0.1) is 0 Å². The molecule has 1 atom stereocenters. The van der Waals surface area contributed by atoms with Crippen molar-refractivity contribution >= 4 is 11.8 Å². The van der Waals surface area contributed by atoms with Gasteiger partial charge >= 0.3 is 0 Å². The molecule has 1 saturated heterocycles. The van der Waals surface area contributed by atoms with Gasteiger partial charge in [-0.25, -0.2) is 0 Å². The van der Waals surface area contributed by atoms with Crippen LogP contribution in [0.4, 0.5) is 0 Å². The number of nitrogens with zero attached hydrogens (tertiary/aromatic N) is 1. The van der Waals surface area contributed by atoms with Crippen molar-refractivity contribution in [2.24, 2.45) is 5.73 Å². The largest absolute Gasteiger partial charge is 0.368 e. The second-order valence-corrected chi connectivity index (χ2v) is 6.31. The number of amides is 2. The number of benzene rings is 2. The summed E-state index contributed by atoms with van der Waals surface area (Å²) in [5, 5.41) is 3.25. The zero-order chi connectivity index (χ0) is 17.6. The van der Waals surface area contributed by atoms with Crippen LogP contribution >= 0.6 is 0 Å². The molecule has 5 heteroatoms. The first-order chi connectivity index (χ1) is 12.1. The molecule has 1 heterocycles. The summed E-state index contributed by atoms with van der Waals surface area (Å²) in [5.41, 5.74) is 8.59. The normalized spacial score (nSPS) is 15.4. The van der Waals surface area contributed by atoms with Crippen molar-refractivity contribution in [3.05, 3.63) is 71.3 Å². The van der Waals surface area contributed by atoms with Gasteiger partial charge in [-0.1, -0.05) is 54.6 Å². The van der Waals surface area contributed by atoms with Crippen LogP contribution in [-0.2, 0) is 22.7 Å². The van der Waals surface area contributed by atoms with Crippen molar-refractivity contribution in [3.63, 3.8) is 0 Å². The number of carbonyl (C=O) groups is 2. The van der Waals surface area contributed by atoms with Gasteiger partial charge in [-0.15, -0.1) is 0 Å². The Labute approximate surface area is 147 Å². The van der Waals surface area contributed by atoms with Crippen LogP contribution < -0.4 is 11.1 Å². The molecular weight excluding hydrogens is 314 g/mol. The third kappa shape index (κ3) is 4.25. The summed E-state index contributed by atoms with van der Waals surface area (Å²) in [6.45, 7) is 1.94. The molecule has 3 rings (SSSR count). The van der Waals surface area contributed by atoms with Crippen LogP contribution in [-0.4, -0.2) is 23.3 Å². The highest BCUT2D eigenvalue weighted by molar-refractivity contribution is 5.81. The third-order valence-corrected chi connectivity index (χ3v) is 4.57. The van der Waals surface area contributed by atoms with E-state index in [0.717, 1.165) is 29.7 Å². The van der Waals surface area contributed by atoms with Gasteiger partial charge in [0.25, 0.3) is 0 Å². The molecule has 0 spiro atoms. The van der Waals surface area contributed by atoms with Gasteiger partial charge in [0, 0.05) is 26.1 Å². The Hall–Kier alpha value is -2.66. The molecule has 1 aliphatic heterocycles. The molecule has 130 valence electrons. The Morgan fingerprint density at radius 3 is 2.40 bits per heavy atom. The fraction of sp³-hybridized carbons (Fsp3) is 0.300. The van der Waals surface area contributed by atoms with Crippen LogP contribution in [0.1, 0.15) is 35.6 Å². The topological polar surface area (TPSA) is 75.4 Å². The number of likely N-dealkylation sites (tertiary alicyclic amines) is 1. The standard InChI is InChI=1S/C20H23N3O2/c21-20(25)19(15-7-2-1-3-8-15)22-13-16-9-4-5-10-17(16)14-23-12-6-11-18(23)24/h1-5,7-10,19,22H,6,11-14H2,(H2,21,25). The van der Waals surface area contributed by atoms with Gasteiger partial charge in [0.2, 0.25) is 11.8 Å². The third-order valence-electron chi connectivity index (χ3n) is 4.57. The summed E-state index contributed by atoms with van der Waals surface area (Å²) in [4.78, 5) is 25.6. The van der Waals surface area contributed by atoms with Crippen LogP contribution in [0.15, 0.2) is 54.6 Å². The maximum Gasteiger partial charge on any atom is 0.239 e. The molecule has 2 aromatic rings. The van der Waals surface area contributed by atoms with Gasteiger partial charge in [-0.3, -0.25) is 14.9 Å². The van der Waals surface area contributed by atoms with E-state index in [2.05, 4.69) is 5.32 Å². The summed E-state index contributed by atoms with van der Waals surface area (Å²) in [6, 6.07) is 16.9. The van der Waals surface area contributed by atoms with E-state index in [1.54, 1.807) is 0 Å². The molecule has 0 aromatic heterocycles. The zero-order valence-corrected chi connectivity index (χ0v) is 14.2. The highest BCUT2D eigenvalue weighted by Gasteiger charge is 2.21. The average molecular weight is 337 g/mol. The molecule has 1 aliphatic rings. The quantitative estimate of drug-likeness (QED) is 0.813. The lowest BCUT2D eigenvalue weighted by Gasteiger charge is -2.20. The zero-order valence-electron chi connectivity index (χ0n) is 14.2. The second-order valence-electron chi connectivity index (χ2n) is 6.31. The highest BCUT2D eigenvalue weighted by atomic mass is 16.2. The molecule has 25 heavy (non-hydrogen) atoms. The van der Waals surface area contributed by atoms with E-state index >= 15 is 0 Å². The fourth-order valence-electron chi connectivity index (χ4n) is 3.20. The second kappa shape index (κ2) is 7.94. The summed E-state index contributed by atoms with van der Waals surface area (Å²) in [7, 11) is 0. The molecule has 2 amide bonds. The molecule has 0 bridgehead atoms. The van der Waals surface area contributed by atoms with Crippen molar-refractivity contribution < 1.29 is 9.59 Å². The Morgan fingerprint density at radius 2 is 1.76 bits per heavy atom. The molecule has 1 fully saturated rings. The first-order valence-electron chi connectivity index (χ1n) is 8.57. The fourth-order valence-corrected chi connectivity index (χ4v) is 3.20. The smallest absolute Gasteiger partial charge is 0.239 e. The Kier molecular flexibility index (Phi) is 5.46. The van der Waals surface area contributed by atoms with Gasteiger partial charge < -0.3 is 10.6 Å². The molecule has 0 aliphatic carbocycles. The lowest BCUT2D eigenvalue weighted by Crippen LogP contribution is -2.33. The van der Waals surface area contributed by atoms with E-state index in [9.17, 15) is 9.59 Å². The van der Waals surface area contributed by atoms with Crippen LogP contribution in [0.5, 0.6) is 0 Å². The van der Waals surface area contributed by atoms with Gasteiger partial charge in [0.15, 0.2) is 0 Å². The molecule has 2 aromatic carbocycles. The number of rotatable bonds is 7. The van der Waals surface area contributed by atoms with Crippen molar-refractivity contribution in [3.8, 4) is 0 Å². The van der Waals surface area contributed by atoms with Crippen LogP contribution in [0, 0.1) is 0 Å². The van der Waals surface area contributed by atoms with E-state index in [0.29, 0.717) is 19.5 Å². The molecule has 0 saturated carbocycles. The maximum absolute atomic E-state index is 11.9. The first kappa shape index (κ1) is 17.2. The van der Waals surface area contributed by atoms with E-state index < -0.39 is 11.9 Å². The Bertz CT molecular complexity index is 746. The minimum Gasteiger partial charge on any atom is -0.368 e. The van der Waals surface area contributed by atoms with Gasteiger partial charge in [-0.2, -0.15) is 0 Å². The molecule has 5 nitrogen and oxygen atoms in total. The minimum absolute atomic E-state index is 0.210. The van der Waals surface area contributed by atoms with Crippen molar-refractivity contribution in [1.82, 2.24) is 10.2 Å². The van der Waals surface area contributed by atoms with Crippen LogP contribution in [0.3, 0.4) is 0 Å². The summed E-state index contributed by atoms with van der Waals surface area (Å²) >= 11 is 0. The predicted octanol–water partition coefficient (Wildman–Crippen LogP) is 2.13. The summed E-state index contributed by atoms with van der Waals surface area (Å²) < 4.78 is 0. The Morgan fingerprint density at radius 1 is 1.08 bits per heavy atom. The number of hydrogen-bond donors (Lipinski definition) is 2. The summed E-state index contributed by atoms with van der Waals surface area (Å²) in [5.74, 6) is -0.194. The summed E-state index contributed by atoms with van der Waals surface area (Å²) in [6.07, 6.45) is 1.56. The van der Waals surface area contributed by atoms with Crippen LogP contribution in [0.2, 0.25) is 0 Å². The Balaban J connectivity index is 1.72. The number of hydrogen-bond acceptors (Lipinski definition) is 3. The molecule has 3 N–H and O–H groups in total. The lowest BCUT2D eigenvalue weighted by molar-refractivity contribution is -0.128. The number of primary amides is 1. The van der Waals surface area contributed by atoms with E-state index in [4.69, 9.17) is 5.73 Å². The molecular formula is C20H23N3O2. The first-order valence-corrected chi connectivity index (χ1v) is 8.57. The SMILES string of the molecule is NC(=O)C(NCc1ccccc1CN1CCCC1=O)c1ccccc1. The maximum atomic E-state index is 11.9. The number of nitrogens with one attached hydrogen (secondary N) is 1. The van der Waals surface area contributed by atoms with Crippen molar-refractivity contribution in [2.75, 3.05) is 6.54 Å². The average Bonchev–Trinajstić information content (AvgIpc) is 3.02. The van der Waals surface area contributed by atoms with E-state index in [-0.39, 0.29) is 5.91 Å². The molecule has 0 radical (unpaired) electrons. The number of nitrogens with two attached hydrogens (primary N) is 1. The lowest BCUT2D eigenvalue weighted by atomic mass is 10.0. The highest BCUT2D eigenvalue weighted by Crippen LogP contribution is 2.19. The van der Waals surface area contributed by atoms with E-state index in [1.165, 1.54) is 0 Å². The van der Waals surface area contributed by atoms with Crippen molar-refractivity contribution in [2.45, 2.75) is 32.0 Å². The predicted molar refractivity (Wildman–Crippen MR) is 96.3 cm³/mol. The monoisotopic (exact) mass is 337 g/mol. The van der Waals surface area contributed by atoms with Gasteiger partial charge in [-0.05, 0) is 23.1 Å². The number of carbonyl (C=O) groups excluding carboxylic acids is 2. The molecule has 1 unspecified atom stereocenters. The minimum atomic E-state index is -0.539. The van der Waals surface area contributed by atoms with Gasteiger partial charge in [0.1, 0.15) is 6.04 Å².